The zero-order chi connectivity index (χ0) is 33.3. The van der Waals surface area contributed by atoms with Crippen LogP contribution in [-0.2, 0) is 28.2 Å². The van der Waals surface area contributed by atoms with Gasteiger partial charge < -0.3 is 19.3 Å². The summed E-state index contributed by atoms with van der Waals surface area (Å²) in [5, 5.41) is 0. The summed E-state index contributed by atoms with van der Waals surface area (Å²) in [5.74, 6) is -0.946. The number of carbonyl (C=O) groups excluding carboxylic acids is 2. The van der Waals surface area contributed by atoms with Gasteiger partial charge in [0.15, 0.2) is 6.10 Å². The molecule has 0 amide bonds. The predicted octanol–water partition coefficient (Wildman–Crippen LogP) is 10.0. The lowest BCUT2D eigenvalue weighted by Gasteiger charge is -2.18. The van der Waals surface area contributed by atoms with Gasteiger partial charge in [-0.1, -0.05) is 107 Å². The van der Waals surface area contributed by atoms with Crippen LogP contribution in [0.3, 0.4) is 0 Å². The van der Waals surface area contributed by atoms with Gasteiger partial charge in [0.2, 0.25) is 0 Å². The highest BCUT2D eigenvalue weighted by Crippen LogP contribution is 2.35. The zero-order valence-electron chi connectivity index (χ0n) is 28.3. The molecule has 0 saturated heterocycles. The highest BCUT2D eigenvalue weighted by molar-refractivity contribution is 7.46. The van der Waals surface area contributed by atoms with Gasteiger partial charge in [-0.2, -0.15) is 0 Å². The molecule has 0 radical (unpaired) electrons. The minimum atomic E-state index is -4.76. The van der Waals surface area contributed by atoms with E-state index in [4.69, 9.17) is 19.3 Å². The molecule has 0 aromatic heterocycles. The molecule has 2 N–H and O–H groups in total. The van der Waals surface area contributed by atoms with Crippen LogP contribution in [0.25, 0.3) is 0 Å². The van der Waals surface area contributed by atoms with Crippen LogP contribution in [0.15, 0.2) is 48.6 Å². The SMILES string of the molecule is CCCCC/C=C/C/C=C/C/C=C/CCCCC(=O)OC[C@H](COP(=O)(O)O)OC(=O)CCCCCCC/C=C/CCCCC. The van der Waals surface area contributed by atoms with E-state index in [0.717, 1.165) is 70.6 Å². The lowest BCUT2D eigenvalue weighted by molar-refractivity contribution is -0.161. The summed E-state index contributed by atoms with van der Waals surface area (Å²) in [6.45, 7) is 3.56. The van der Waals surface area contributed by atoms with Crippen molar-refractivity contribution >= 4 is 19.8 Å². The lowest BCUT2D eigenvalue weighted by atomic mass is 10.1. The molecule has 0 spiro atoms. The Balaban J connectivity index is 4.10. The minimum Gasteiger partial charge on any atom is -0.462 e. The second-order valence-corrected chi connectivity index (χ2v) is 12.7. The maximum atomic E-state index is 12.3. The second-order valence-electron chi connectivity index (χ2n) is 11.5. The van der Waals surface area contributed by atoms with Crippen molar-refractivity contribution in [1.29, 1.82) is 0 Å². The van der Waals surface area contributed by atoms with E-state index in [0.29, 0.717) is 12.8 Å². The first-order valence-electron chi connectivity index (χ1n) is 17.4. The van der Waals surface area contributed by atoms with Crippen molar-refractivity contribution in [2.75, 3.05) is 13.2 Å². The van der Waals surface area contributed by atoms with Crippen molar-refractivity contribution in [3.05, 3.63) is 48.6 Å². The summed E-state index contributed by atoms with van der Waals surface area (Å²) in [5.41, 5.74) is 0. The van der Waals surface area contributed by atoms with Gasteiger partial charge >= 0.3 is 19.8 Å². The summed E-state index contributed by atoms with van der Waals surface area (Å²) in [7, 11) is -4.76. The fourth-order valence-electron chi connectivity index (χ4n) is 4.43. The third-order valence-corrected chi connectivity index (χ3v) is 7.56. The normalized spacial score (nSPS) is 13.1. The molecule has 0 bridgehead atoms. The van der Waals surface area contributed by atoms with Crippen LogP contribution in [-0.4, -0.2) is 41.0 Å². The van der Waals surface area contributed by atoms with Crippen LogP contribution < -0.4 is 0 Å². The van der Waals surface area contributed by atoms with E-state index >= 15 is 0 Å². The van der Waals surface area contributed by atoms with E-state index in [1.54, 1.807) is 0 Å². The predicted molar refractivity (Wildman–Crippen MR) is 184 cm³/mol. The first-order valence-corrected chi connectivity index (χ1v) is 19.0. The van der Waals surface area contributed by atoms with Gasteiger partial charge in [0.1, 0.15) is 6.61 Å². The van der Waals surface area contributed by atoms with Gasteiger partial charge in [-0.3, -0.25) is 14.1 Å². The molecule has 0 aromatic rings. The van der Waals surface area contributed by atoms with Crippen molar-refractivity contribution in [3.63, 3.8) is 0 Å². The first-order chi connectivity index (χ1) is 21.8. The van der Waals surface area contributed by atoms with E-state index in [-0.39, 0.29) is 19.4 Å². The molecule has 0 unspecified atom stereocenters. The second kappa shape index (κ2) is 32.0. The van der Waals surface area contributed by atoms with Gasteiger partial charge in [0, 0.05) is 12.8 Å². The quantitative estimate of drug-likeness (QED) is 0.0328. The van der Waals surface area contributed by atoms with Crippen molar-refractivity contribution < 1.29 is 37.9 Å². The summed E-state index contributed by atoms with van der Waals surface area (Å²) < 4.78 is 26.2. The third kappa shape index (κ3) is 34.7. The number of hydrogen-bond donors (Lipinski definition) is 2. The van der Waals surface area contributed by atoms with E-state index in [9.17, 15) is 14.2 Å². The fraction of sp³-hybridized carbons (Fsp3) is 0.722. The highest BCUT2D eigenvalue weighted by atomic mass is 31.2. The zero-order valence-corrected chi connectivity index (χ0v) is 29.1. The smallest absolute Gasteiger partial charge is 0.462 e. The molecule has 0 fully saturated rings. The summed E-state index contributed by atoms with van der Waals surface area (Å²) in [4.78, 5) is 42.5. The maximum Gasteiger partial charge on any atom is 0.469 e. The first kappa shape index (κ1) is 43.0. The molecule has 0 aliphatic heterocycles. The molecular weight excluding hydrogens is 591 g/mol. The Morgan fingerprint density at radius 1 is 0.578 bits per heavy atom. The van der Waals surface area contributed by atoms with Gasteiger partial charge in [0.25, 0.3) is 0 Å². The minimum absolute atomic E-state index is 0.192. The van der Waals surface area contributed by atoms with E-state index in [1.807, 2.05) is 0 Å². The maximum absolute atomic E-state index is 12.3. The summed E-state index contributed by atoms with van der Waals surface area (Å²) in [6, 6.07) is 0. The van der Waals surface area contributed by atoms with Crippen LogP contribution in [0, 0.1) is 0 Å². The van der Waals surface area contributed by atoms with Crippen molar-refractivity contribution in [2.24, 2.45) is 0 Å². The Bertz CT molecular complexity index is 874. The average molecular weight is 655 g/mol. The molecular formula is C36H63O8P. The fourth-order valence-corrected chi connectivity index (χ4v) is 4.79. The van der Waals surface area contributed by atoms with Crippen molar-refractivity contribution in [3.8, 4) is 0 Å². The number of rotatable bonds is 31. The van der Waals surface area contributed by atoms with Crippen LogP contribution >= 0.6 is 7.82 Å². The number of hydrogen-bond acceptors (Lipinski definition) is 6. The number of allylic oxidation sites excluding steroid dienone is 8. The number of carbonyl (C=O) groups is 2. The topological polar surface area (TPSA) is 119 Å². The Morgan fingerprint density at radius 3 is 1.56 bits per heavy atom. The number of esters is 2. The molecule has 260 valence electrons. The lowest BCUT2D eigenvalue weighted by Crippen LogP contribution is -2.29. The largest absolute Gasteiger partial charge is 0.469 e. The highest BCUT2D eigenvalue weighted by Gasteiger charge is 2.22. The van der Waals surface area contributed by atoms with Crippen LogP contribution in [0.1, 0.15) is 149 Å². The number of unbranched alkanes of at least 4 members (excludes halogenated alkanes) is 13. The molecule has 0 saturated carbocycles. The molecule has 45 heavy (non-hydrogen) atoms. The van der Waals surface area contributed by atoms with Crippen LogP contribution in [0.4, 0.5) is 0 Å². The van der Waals surface area contributed by atoms with Gasteiger partial charge in [-0.25, -0.2) is 4.57 Å². The van der Waals surface area contributed by atoms with Crippen molar-refractivity contribution in [2.45, 2.75) is 155 Å². The Hall–Kier alpha value is -1.99. The third-order valence-electron chi connectivity index (χ3n) is 7.07. The molecule has 0 aliphatic carbocycles. The molecule has 0 aliphatic rings. The number of phosphoric ester groups is 1. The van der Waals surface area contributed by atoms with E-state index in [2.05, 4.69) is 67.0 Å². The molecule has 0 rings (SSSR count). The monoisotopic (exact) mass is 654 g/mol. The van der Waals surface area contributed by atoms with E-state index < -0.39 is 32.5 Å². The molecule has 1 atom stereocenters. The Morgan fingerprint density at radius 2 is 1.00 bits per heavy atom. The van der Waals surface area contributed by atoms with E-state index in [1.165, 1.54) is 38.5 Å². The number of phosphoric acid groups is 1. The van der Waals surface area contributed by atoms with Gasteiger partial charge in [0.05, 0.1) is 6.61 Å². The van der Waals surface area contributed by atoms with Crippen LogP contribution in [0.2, 0.25) is 0 Å². The summed E-state index contributed by atoms with van der Waals surface area (Å²) in [6.07, 6.45) is 36.9. The van der Waals surface area contributed by atoms with Crippen LogP contribution in [0.5, 0.6) is 0 Å². The Labute approximate surface area is 274 Å². The van der Waals surface area contributed by atoms with Crippen molar-refractivity contribution in [1.82, 2.24) is 0 Å². The standard InChI is InChI=1S/C36H63O8P/c1-3-5-7-9-11-13-15-17-18-19-21-22-24-26-28-30-35(37)42-32-34(33-43-45(39,40)41)44-36(38)31-29-27-25-23-20-16-14-12-10-8-6-4-2/h11-14,17-18,21-22,34H,3-10,15-16,19-20,23-33H2,1-2H3,(H2,39,40,41)/b13-11+,14-12+,18-17+,22-21+/t34-/m1/s1. The van der Waals surface area contributed by atoms with Gasteiger partial charge in [-0.15, -0.1) is 0 Å². The Kier molecular flexibility index (Phi) is 30.6. The number of ether oxygens (including phenoxy) is 2. The van der Waals surface area contributed by atoms with Gasteiger partial charge in [-0.05, 0) is 77.0 Å². The molecule has 8 nitrogen and oxygen atoms in total. The molecule has 9 heteroatoms. The average Bonchev–Trinajstić information content (AvgIpc) is 3.00. The molecule has 0 aromatic carbocycles. The summed E-state index contributed by atoms with van der Waals surface area (Å²) >= 11 is 0. The molecule has 0 heterocycles.